The lowest BCUT2D eigenvalue weighted by Gasteiger charge is -2.02. The van der Waals surface area contributed by atoms with Crippen LogP contribution in [0.2, 0.25) is 5.02 Å². The molecule has 2 rings (SSSR count). The summed E-state index contributed by atoms with van der Waals surface area (Å²) in [6, 6.07) is 1.83. The maximum atomic E-state index is 5.76. The van der Waals surface area contributed by atoms with Gasteiger partial charge >= 0.3 is 0 Å². The first-order valence-electron chi connectivity index (χ1n) is 4.30. The first-order valence-corrected chi connectivity index (χ1v) is 5.21. The molecular weight excluding hydrogens is 235 g/mol. The zero-order valence-corrected chi connectivity index (χ0v) is 9.50. The van der Waals surface area contributed by atoms with Crippen molar-refractivity contribution in [2.75, 3.05) is 0 Å². The van der Waals surface area contributed by atoms with E-state index in [4.69, 9.17) is 23.2 Å². The van der Waals surface area contributed by atoms with Gasteiger partial charge in [0.1, 0.15) is 0 Å². The van der Waals surface area contributed by atoms with Gasteiger partial charge in [-0.3, -0.25) is 0 Å². The Hall–Kier alpha value is -1.13. The smallest absolute Gasteiger partial charge is 0.216 e. The molecule has 2 heterocycles. The molecule has 0 radical (unpaired) electrons. The molecule has 0 unspecified atom stereocenters. The van der Waals surface area contributed by atoms with Gasteiger partial charge in [-0.05, 0) is 13.0 Å². The fourth-order valence-electron chi connectivity index (χ4n) is 1.20. The molecule has 2 aromatic rings. The Bertz CT molecular complexity index is 481. The molecule has 4 nitrogen and oxygen atoms in total. The van der Waals surface area contributed by atoms with Crippen molar-refractivity contribution in [3.05, 3.63) is 34.9 Å². The van der Waals surface area contributed by atoms with Crippen molar-refractivity contribution in [1.29, 1.82) is 0 Å². The predicted octanol–water partition coefficient (Wildman–Crippen LogP) is 2.36. The van der Waals surface area contributed by atoms with E-state index in [2.05, 4.69) is 15.1 Å². The number of aromatic nitrogens is 4. The first-order chi connectivity index (χ1) is 7.19. The second kappa shape index (κ2) is 4.16. The van der Waals surface area contributed by atoms with Gasteiger partial charge in [0, 0.05) is 5.69 Å². The van der Waals surface area contributed by atoms with Gasteiger partial charge in [-0.2, -0.15) is 5.10 Å². The van der Waals surface area contributed by atoms with E-state index in [1.54, 1.807) is 6.20 Å². The van der Waals surface area contributed by atoms with Crippen LogP contribution < -0.4 is 0 Å². The summed E-state index contributed by atoms with van der Waals surface area (Å²) < 4.78 is 1.52. The number of aryl methyl sites for hydroxylation is 1. The van der Waals surface area contributed by atoms with E-state index in [-0.39, 0.29) is 0 Å². The topological polar surface area (TPSA) is 43.6 Å². The Labute approximate surface area is 96.9 Å². The van der Waals surface area contributed by atoms with Crippen LogP contribution in [-0.2, 0) is 5.88 Å². The first kappa shape index (κ1) is 10.4. The summed E-state index contributed by atoms with van der Waals surface area (Å²) >= 11 is 11.5. The van der Waals surface area contributed by atoms with Crippen LogP contribution in [0.1, 0.15) is 11.4 Å². The minimum absolute atomic E-state index is 0.353. The Morgan fingerprint density at radius 3 is 2.80 bits per heavy atom. The van der Waals surface area contributed by atoms with Gasteiger partial charge in [-0.15, -0.1) is 11.6 Å². The van der Waals surface area contributed by atoms with Crippen LogP contribution in [0.5, 0.6) is 0 Å². The highest BCUT2D eigenvalue weighted by Gasteiger charge is 2.05. The third kappa shape index (κ3) is 2.27. The quantitative estimate of drug-likeness (QED) is 0.760. The monoisotopic (exact) mass is 242 g/mol. The van der Waals surface area contributed by atoms with Crippen LogP contribution in [-0.4, -0.2) is 19.7 Å². The van der Waals surface area contributed by atoms with Crippen LogP contribution in [0.4, 0.5) is 0 Å². The summed E-state index contributed by atoms with van der Waals surface area (Å²) in [4.78, 5) is 8.47. The number of hydrogen-bond acceptors (Lipinski definition) is 3. The van der Waals surface area contributed by atoms with E-state index in [0.29, 0.717) is 16.9 Å². The Kier molecular flexibility index (Phi) is 2.88. The average molecular weight is 243 g/mol. The summed E-state index contributed by atoms with van der Waals surface area (Å²) in [5.74, 6) is 0.836. The molecule has 0 aromatic carbocycles. The average Bonchev–Trinajstić information content (AvgIpc) is 2.64. The molecule has 0 bridgehead atoms. The van der Waals surface area contributed by atoms with Crippen LogP contribution in [0.3, 0.4) is 0 Å². The lowest BCUT2D eigenvalue weighted by molar-refractivity contribution is 0.792. The number of halogens is 2. The van der Waals surface area contributed by atoms with Crippen LogP contribution >= 0.6 is 23.2 Å². The minimum Gasteiger partial charge on any atom is -0.216 e. The molecule has 0 aliphatic carbocycles. The van der Waals surface area contributed by atoms with E-state index in [9.17, 15) is 0 Å². The zero-order chi connectivity index (χ0) is 10.8. The normalized spacial score (nSPS) is 10.6. The van der Waals surface area contributed by atoms with E-state index < -0.39 is 0 Å². The zero-order valence-electron chi connectivity index (χ0n) is 7.98. The fraction of sp³-hybridized carbons (Fsp3) is 0.222. The molecular formula is C9H8Cl2N4. The summed E-state index contributed by atoms with van der Waals surface area (Å²) in [7, 11) is 0. The highest BCUT2D eigenvalue weighted by atomic mass is 35.5. The minimum atomic E-state index is 0.353. The Morgan fingerprint density at radius 2 is 2.20 bits per heavy atom. The van der Waals surface area contributed by atoms with E-state index in [0.717, 1.165) is 11.4 Å². The van der Waals surface area contributed by atoms with E-state index >= 15 is 0 Å². The van der Waals surface area contributed by atoms with Gasteiger partial charge in [0.2, 0.25) is 0 Å². The molecule has 0 atom stereocenters. The van der Waals surface area contributed by atoms with Gasteiger partial charge in [-0.25, -0.2) is 14.6 Å². The molecule has 0 saturated carbocycles. The SMILES string of the molecule is Cc1cc(CCl)nc(-n2cc(Cl)cn2)n1. The lowest BCUT2D eigenvalue weighted by atomic mass is 10.3. The van der Waals surface area contributed by atoms with Gasteiger partial charge in [0.05, 0.1) is 29.0 Å². The highest BCUT2D eigenvalue weighted by molar-refractivity contribution is 6.30. The van der Waals surface area contributed by atoms with Crippen molar-refractivity contribution < 1.29 is 0 Å². The van der Waals surface area contributed by atoms with Crippen LogP contribution in [0.25, 0.3) is 5.95 Å². The maximum Gasteiger partial charge on any atom is 0.251 e. The third-order valence-electron chi connectivity index (χ3n) is 1.79. The summed E-state index contributed by atoms with van der Waals surface area (Å²) in [6.07, 6.45) is 3.18. The second-order valence-corrected chi connectivity index (χ2v) is 3.74. The van der Waals surface area contributed by atoms with E-state index in [1.165, 1.54) is 10.9 Å². The van der Waals surface area contributed by atoms with Crippen molar-refractivity contribution in [1.82, 2.24) is 19.7 Å². The second-order valence-electron chi connectivity index (χ2n) is 3.04. The number of rotatable bonds is 2. The standard InChI is InChI=1S/C9H8Cl2N4/c1-6-2-8(3-10)14-9(13-6)15-5-7(11)4-12-15/h2,4-5H,3H2,1H3. The number of alkyl halides is 1. The molecule has 6 heteroatoms. The van der Waals surface area contributed by atoms with Crippen molar-refractivity contribution >= 4 is 23.2 Å². The molecule has 0 amide bonds. The molecule has 78 valence electrons. The predicted molar refractivity (Wildman–Crippen MR) is 58.5 cm³/mol. The van der Waals surface area contributed by atoms with Crippen molar-refractivity contribution in [2.45, 2.75) is 12.8 Å². The van der Waals surface area contributed by atoms with Crippen LogP contribution in [0.15, 0.2) is 18.5 Å². The van der Waals surface area contributed by atoms with Crippen molar-refractivity contribution in [2.24, 2.45) is 0 Å². The van der Waals surface area contributed by atoms with Gasteiger partial charge in [-0.1, -0.05) is 11.6 Å². The molecule has 0 N–H and O–H groups in total. The fourth-order valence-corrected chi connectivity index (χ4v) is 1.47. The summed E-state index contributed by atoms with van der Waals surface area (Å²) in [5, 5.41) is 4.57. The van der Waals surface area contributed by atoms with Crippen molar-refractivity contribution in [3.8, 4) is 5.95 Å². The molecule has 2 aromatic heterocycles. The maximum absolute atomic E-state index is 5.76. The summed E-state index contributed by atoms with van der Waals surface area (Å²) in [5.41, 5.74) is 1.62. The summed E-state index contributed by atoms with van der Waals surface area (Å²) in [6.45, 7) is 1.88. The molecule has 0 aliphatic heterocycles. The van der Waals surface area contributed by atoms with Gasteiger partial charge in [0.25, 0.3) is 5.95 Å². The number of nitrogens with zero attached hydrogens (tertiary/aromatic N) is 4. The number of hydrogen-bond donors (Lipinski definition) is 0. The van der Waals surface area contributed by atoms with Crippen molar-refractivity contribution in [3.63, 3.8) is 0 Å². The Morgan fingerprint density at radius 1 is 1.40 bits per heavy atom. The lowest BCUT2D eigenvalue weighted by Crippen LogP contribution is -2.04. The largest absolute Gasteiger partial charge is 0.251 e. The highest BCUT2D eigenvalue weighted by Crippen LogP contribution is 2.10. The van der Waals surface area contributed by atoms with Crippen LogP contribution in [0, 0.1) is 6.92 Å². The molecule has 15 heavy (non-hydrogen) atoms. The molecule has 0 aliphatic rings. The Balaban J connectivity index is 2.48. The molecule has 0 saturated heterocycles. The third-order valence-corrected chi connectivity index (χ3v) is 2.26. The van der Waals surface area contributed by atoms with E-state index in [1.807, 2.05) is 13.0 Å². The molecule has 0 spiro atoms. The van der Waals surface area contributed by atoms with Gasteiger partial charge < -0.3 is 0 Å². The molecule has 0 fully saturated rings. The van der Waals surface area contributed by atoms with Gasteiger partial charge in [0.15, 0.2) is 0 Å².